The summed E-state index contributed by atoms with van der Waals surface area (Å²) in [6, 6.07) is 0.144. The van der Waals surface area contributed by atoms with Gasteiger partial charge in [0.1, 0.15) is 0 Å². The van der Waals surface area contributed by atoms with E-state index in [0.717, 1.165) is 36.3 Å². The Hall–Kier alpha value is -0.430. The molecule has 0 bridgehead atoms. The van der Waals surface area contributed by atoms with Gasteiger partial charge in [-0.3, -0.25) is 4.68 Å². The third-order valence-electron chi connectivity index (χ3n) is 2.75. The molecule has 0 aliphatic carbocycles. The first-order chi connectivity index (χ1) is 9.24. The maximum Gasteiger partial charge on any atom is 0.0741 e. The molecule has 6 heteroatoms. The van der Waals surface area contributed by atoms with Crippen LogP contribution in [0.2, 0.25) is 0 Å². The van der Waals surface area contributed by atoms with E-state index in [9.17, 15) is 0 Å². The van der Waals surface area contributed by atoms with Crippen LogP contribution in [-0.4, -0.2) is 43.3 Å². The van der Waals surface area contributed by atoms with Crippen molar-refractivity contribution in [2.75, 3.05) is 33.5 Å². The average Bonchev–Trinajstić information content (AvgIpc) is 2.77. The second-order valence-corrected chi connectivity index (χ2v) is 5.13. The molecular formula is C13H24BrN3O2. The summed E-state index contributed by atoms with van der Waals surface area (Å²) >= 11 is 3.57. The van der Waals surface area contributed by atoms with Crippen molar-refractivity contribution in [2.45, 2.75) is 32.9 Å². The van der Waals surface area contributed by atoms with Crippen LogP contribution < -0.4 is 5.32 Å². The van der Waals surface area contributed by atoms with E-state index in [4.69, 9.17) is 9.47 Å². The highest BCUT2D eigenvalue weighted by atomic mass is 79.9. The van der Waals surface area contributed by atoms with Crippen molar-refractivity contribution in [3.63, 3.8) is 0 Å². The van der Waals surface area contributed by atoms with E-state index in [0.29, 0.717) is 13.2 Å². The molecule has 5 nitrogen and oxygen atoms in total. The molecule has 0 fully saturated rings. The Bertz CT molecular complexity index is 358. The number of hydrogen-bond donors (Lipinski definition) is 1. The van der Waals surface area contributed by atoms with Crippen molar-refractivity contribution < 1.29 is 9.47 Å². The minimum Gasteiger partial charge on any atom is -0.383 e. The van der Waals surface area contributed by atoms with Gasteiger partial charge in [0.15, 0.2) is 0 Å². The Kier molecular flexibility index (Phi) is 8.29. The number of nitrogens with zero attached hydrogens (tertiary/aromatic N) is 2. The predicted molar refractivity (Wildman–Crippen MR) is 79.3 cm³/mol. The molecule has 0 aliphatic heterocycles. The predicted octanol–water partition coefficient (Wildman–Crippen LogP) is 2.37. The van der Waals surface area contributed by atoms with Gasteiger partial charge in [-0.1, -0.05) is 13.8 Å². The molecule has 1 atom stereocenters. The van der Waals surface area contributed by atoms with E-state index in [1.165, 1.54) is 0 Å². The highest BCUT2D eigenvalue weighted by molar-refractivity contribution is 9.10. The molecule has 1 heterocycles. The van der Waals surface area contributed by atoms with Crippen LogP contribution in [0, 0.1) is 0 Å². The Balaban J connectivity index is 2.77. The average molecular weight is 334 g/mol. The third-order valence-corrected chi connectivity index (χ3v) is 3.37. The van der Waals surface area contributed by atoms with Gasteiger partial charge < -0.3 is 14.8 Å². The quantitative estimate of drug-likeness (QED) is 0.668. The second-order valence-electron chi connectivity index (χ2n) is 4.28. The molecule has 0 aromatic carbocycles. The van der Waals surface area contributed by atoms with E-state index in [1.54, 1.807) is 7.11 Å². The van der Waals surface area contributed by atoms with Crippen molar-refractivity contribution in [2.24, 2.45) is 0 Å². The minimum absolute atomic E-state index is 0.144. The van der Waals surface area contributed by atoms with Crippen LogP contribution in [0.25, 0.3) is 0 Å². The SMILES string of the molecule is CCCOCC(NCC)c1c(Br)cnn1CCOC. The third kappa shape index (κ3) is 5.22. The highest BCUT2D eigenvalue weighted by Gasteiger charge is 2.19. The molecule has 0 aliphatic rings. The molecule has 1 aromatic heterocycles. The molecule has 1 aromatic rings. The van der Waals surface area contributed by atoms with Crippen LogP contribution in [0.1, 0.15) is 32.0 Å². The van der Waals surface area contributed by atoms with Gasteiger partial charge in [-0.05, 0) is 28.9 Å². The highest BCUT2D eigenvalue weighted by Crippen LogP contribution is 2.23. The van der Waals surface area contributed by atoms with Gasteiger partial charge in [0, 0.05) is 13.7 Å². The number of methoxy groups -OCH3 is 1. The van der Waals surface area contributed by atoms with Gasteiger partial charge in [-0.25, -0.2) is 0 Å². The van der Waals surface area contributed by atoms with Crippen LogP contribution in [0.15, 0.2) is 10.7 Å². The van der Waals surface area contributed by atoms with Crippen LogP contribution in [0.3, 0.4) is 0 Å². The molecule has 110 valence electrons. The smallest absolute Gasteiger partial charge is 0.0741 e. The normalized spacial score (nSPS) is 12.8. The number of nitrogens with one attached hydrogen (secondary N) is 1. The lowest BCUT2D eigenvalue weighted by molar-refractivity contribution is 0.108. The van der Waals surface area contributed by atoms with E-state index < -0.39 is 0 Å². The lowest BCUT2D eigenvalue weighted by Gasteiger charge is -2.20. The van der Waals surface area contributed by atoms with E-state index in [-0.39, 0.29) is 6.04 Å². The Morgan fingerprint density at radius 3 is 2.84 bits per heavy atom. The molecule has 0 spiro atoms. The first-order valence-corrected chi connectivity index (χ1v) is 7.55. The molecule has 19 heavy (non-hydrogen) atoms. The van der Waals surface area contributed by atoms with Gasteiger partial charge in [0.05, 0.1) is 42.2 Å². The minimum atomic E-state index is 0.144. The van der Waals surface area contributed by atoms with Crippen molar-refractivity contribution in [1.29, 1.82) is 0 Å². The molecule has 1 rings (SSSR count). The summed E-state index contributed by atoms with van der Waals surface area (Å²) in [5.41, 5.74) is 1.12. The zero-order valence-corrected chi connectivity index (χ0v) is 13.6. The first-order valence-electron chi connectivity index (χ1n) is 6.75. The molecule has 0 radical (unpaired) electrons. The lowest BCUT2D eigenvalue weighted by atomic mass is 10.2. The van der Waals surface area contributed by atoms with Crippen LogP contribution in [0.5, 0.6) is 0 Å². The fourth-order valence-electron chi connectivity index (χ4n) is 1.90. The second kappa shape index (κ2) is 9.47. The standard InChI is InChI=1S/C13H24BrN3O2/c1-4-7-19-10-12(15-5-2)13-11(14)9-16-17(13)6-8-18-3/h9,12,15H,4-8,10H2,1-3H3. The molecule has 0 amide bonds. The fourth-order valence-corrected chi connectivity index (χ4v) is 2.47. The number of likely N-dealkylation sites (N-methyl/N-ethyl adjacent to an activating group) is 1. The van der Waals surface area contributed by atoms with Crippen LogP contribution in [-0.2, 0) is 16.0 Å². The molecule has 0 saturated heterocycles. The number of hydrogen-bond acceptors (Lipinski definition) is 4. The fraction of sp³-hybridized carbons (Fsp3) is 0.769. The summed E-state index contributed by atoms with van der Waals surface area (Å²) in [6.45, 7) is 7.92. The van der Waals surface area contributed by atoms with Gasteiger partial charge in [-0.2, -0.15) is 5.10 Å². The lowest BCUT2D eigenvalue weighted by Crippen LogP contribution is -2.29. The van der Waals surface area contributed by atoms with Gasteiger partial charge >= 0.3 is 0 Å². The van der Waals surface area contributed by atoms with Crippen LogP contribution >= 0.6 is 15.9 Å². The number of halogens is 1. The Morgan fingerprint density at radius 1 is 1.42 bits per heavy atom. The molecule has 0 saturated carbocycles. The van der Waals surface area contributed by atoms with Crippen molar-refractivity contribution >= 4 is 15.9 Å². The largest absolute Gasteiger partial charge is 0.383 e. The van der Waals surface area contributed by atoms with E-state index >= 15 is 0 Å². The molecule has 1 unspecified atom stereocenters. The Morgan fingerprint density at radius 2 is 2.21 bits per heavy atom. The number of rotatable bonds is 10. The van der Waals surface area contributed by atoms with Crippen LogP contribution in [0.4, 0.5) is 0 Å². The zero-order valence-electron chi connectivity index (χ0n) is 12.0. The molecular weight excluding hydrogens is 310 g/mol. The summed E-state index contributed by atoms with van der Waals surface area (Å²) < 4.78 is 13.8. The van der Waals surface area contributed by atoms with E-state index in [2.05, 4.69) is 40.2 Å². The molecule has 1 N–H and O–H groups in total. The number of aromatic nitrogens is 2. The van der Waals surface area contributed by atoms with Crippen molar-refractivity contribution in [3.8, 4) is 0 Å². The van der Waals surface area contributed by atoms with Crippen molar-refractivity contribution in [1.82, 2.24) is 15.1 Å². The first kappa shape index (κ1) is 16.6. The van der Waals surface area contributed by atoms with Gasteiger partial charge in [0.2, 0.25) is 0 Å². The number of ether oxygens (including phenoxy) is 2. The summed E-state index contributed by atoms with van der Waals surface area (Å²) in [6.07, 6.45) is 2.86. The van der Waals surface area contributed by atoms with Crippen molar-refractivity contribution in [3.05, 3.63) is 16.4 Å². The summed E-state index contributed by atoms with van der Waals surface area (Å²) in [5.74, 6) is 0. The summed E-state index contributed by atoms with van der Waals surface area (Å²) in [4.78, 5) is 0. The maximum absolute atomic E-state index is 5.68. The van der Waals surface area contributed by atoms with E-state index in [1.807, 2.05) is 10.9 Å². The monoisotopic (exact) mass is 333 g/mol. The van der Waals surface area contributed by atoms with Gasteiger partial charge in [-0.15, -0.1) is 0 Å². The summed E-state index contributed by atoms with van der Waals surface area (Å²) in [5, 5.41) is 7.82. The topological polar surface area (TPSA) is 48.3 Å². The Labute approximate surface area is 123 Å². The zero-order chi connectivity index (χ0) is 14.1. The maximum atomic E-state index is 5.68. The van der Waals surface area contributed by atoms with Gasteiger partial charge in [0.25, 0.3) is 0 Å². The summed E-state index contributed by atoms with van der Waals surface area (Å²) in [7, 11) is 1.70.